The molecule has 2 N–H and O–H groups in total. The van der Waals surface area contributed by atoms with Crippen LogP contribution in [0.15, 0.2) is 65.3 Å². The molecular weight excluding hydrogens is 371 g/mol. The summed E-state index contributed by atoms with van der Waals surface area (Å²) in [4.78, 5) is 12.1. The largest absolute Gasteiger partial charge is 0.459 e. The highest BCUT2D eigenvalue weighted by atomic mass is 35.6. The molecule has 0 unspecified atom stereocenters. The maximum absolute atomic E-state index is 12.1. The lowest BCUT2D eigenvalue weighted by atomic mass is 10.1. The molecule has 0 aliphatic rings. The van der Waals surface area contributed by atoms with Crippen molar-refractivity contribution in [2.24, 2.45) is 0 Å². The zero-order valence-electron chi connectivity index (χ0n) is 12.3. The molecule has 24 heavy (non-hydrogen) atoms. The molecule has 0 saturated heterocycles. The van der Waals surface area contributed by atoms with E-state index in [1.807, 2.05) is 42.5 Å². The number of rotatable bonds is 4. The van der Waals surface area contributed by atoms with E-state index in [0.29, 0.717) is 5.69 Å². The van der Waals surface area contributed by atoms with E-state index < -0.39 is 15.9 Å². The van der Waals surface area contributed by atoms with Crippen LogP contribution in [-0.2, 0) is 0 Å². The van der Waals surface area contributed by atoms with Crippen LogP contribution >= 0.6 is 34.8 Å². The zero-order valence-corrected chi connectivity index (χ0v) is 14.6. The Hall–Kier alpha value is -1.88. The van der Waals surface area contributed by atoms with Crippen molar-refractivity contribution in [3.63, 3.8) is 0 Å². The van der Waals surface area contributed by atoms with Gasteiger partial charge in [-0.3, -0.25) is 4.79 Å². The van der Waals surface area contributed by atoms with Gasteiger partial charge in [-0.25, -0.2) is 0 Å². The molecule has 0 bridgehead atoms. The van der Waals surface area contributed by atoms with Crippen molar-refractivity contribution >= 4 is 57.2 Å². The third-order valence-electron chi connectivity index (χ3n) is 3.41. The summed E-state index contributed by atoms with van der Waals surface area (Å²) in [6.07, 6.45) is 0.456. The number of hydrogen-bond acceptors (Lipinski definition) is 3. The van der Waals surface area contributed by atoms with Crippen LogP contribution in [0.1, 0.15) is 10.6 Å². The molecule has 1 atom stereocenters. The zero-order chi connectivity index (χ0) is 17.2. The van der Waals surface area contributed by atoms with Crippen molar-refractivity contribution < 1.29 is 9.21 Å². The number of furan rings is 1. The Morgan fingerprint density at radius 1 is 1.00 bits per heavy atom. The molecule has 1 amide bonds. The number of halogens is 3. The van der Waals surface area contributed by atoms with Gasteiger partial charge in [0.1, 0.15) is 6.17 Å². The first-order valence-corrected chi connectivity index (χ1v) is 8.23. The Kier molecular flexibility index (Phi) is 4.90. The second kappa shape index (κ2) is 6.93. The Morgan fingerprint density at radius 2 is 1.75 bits per heavy atom. The molecule has 1 heterocycles. The quantitative estimate of drug-likeness (QED) is 0.494. The summed E-state index contributed by atoms with van der Waals surface area (Å²) >= 11 is 18.0. The first-order valence-electron chi connectivity index (χ1n) is 7.10. The van der Waals surface area contributed by atoms with E-state index in [9.17, 15) is 4.79 Å². The lowest BCUT2D eigenvalue weighted by Gasteiger charge is -2.27. The van der Waals surface area contributed by atoms with Gasteiger partial charge in [-0.1, -0.05) is 65.1 Å². The van der Waals surface area contributed by atoms with E-state index in [0.717, 1.165) is 10.8 Å². The Balaban J connectivity index is 1.82. The summed E-state index contributed by atoms with van der Waals surface area (Å²) < 4.78 is 3.29. The van der Waals surface area contributed by atoms with Gasteiger partial charge in [-0.05, 0) is 35.0 Å². The van der Waals surface area contributed by atoms with Gasteiger partial charge in [-0.2, -0.15) is 0 Å². The smallest absolute Gasteiger partial charge is 0.288 e. The molecule has 0 saturated carbocycles. The van der Waals surface area contributed by atoms with Crippen LogP contribution in [-0.4, -0.2) is 15.9 Å². The number of hydrogen-bond donors (Lipinski definition) is 2. The van der Waals surface area contributed by atoms with Crippen LogP contribution in [0.25, 0.3) is 10.8 Å². The average Bonchev–Trinajstić information content (AvgIpc) is 3.08. The summed E-state index contributed by atoms with van der Waals surface area (Å²) in [5.41, 5.74) is 0.713. The van der Waals surface area contributed by atoms with E-state index in [4.69, 9.17) is 39.2 Å². The van der Waals surface area contributed by atoms with Gasteiger partial charge in [0.15, 0.2) is 5.76 Å². The Morgan fingerprint density at radius 3 is 2.42 bits per heavy atom. The molecule has 3 aromatic rings. The van der Waals surface area contributed by atoms with E-state index in [1.165, 1.54) is 12.3 Å². The second-order valence-corrected chi connectivity index (χ2v) is 7.50. The van der Waals surface area contributed by atoms with Gasteiger partial charge >= 0.3 is 0 Å². The topological polar surface area (TPSA) is 54.3 Å². The third-order valence-corrected chi connectivity index (χ3v) is 4.06. The number of anilines is 1. The van der Waals surface area contributed by atoms with E-state index >= 15 is 0 Å². The summed E-state index contributed by atoms with van der Waals surface area (Å²) in [5.74, 6) is -0.348. The molecule has 0 radical (unpaired) electrons. The van der Waals surface area contributed by atoms with Crippen molar-refractivity contribution in [3.05, 3.63) is 66.6 Å². The highest BCUT2D eigenvalue weighted by Crippen LogP contribution is 2.32. The molecule has 124 valence electrons. The number of alkyl halides is 3. The molecule has 4 nitrogen and oxygen atoms in total. The van der Waals surface area contributed by atoms with Crippen LogP contribution in [0.4, 0.5) is 5.69 Å². The SMILES string of the molecule is O=C(N[C@@H](Nc1ccc2ccccc2c1)C(Cl)(Cl)Cl)c1ccco1. The van der Waals surface area contributed by atoms with Gasteiger partial charge in [0.05, 0.1) is 6.26 Å². The molecule has 7 heteroatoms. The minimum Gasteiger partial charge on any atom is -0.459 e. The van der Waals surface area contributed by atoms with Gasteiger partial charge in [0, 0.05) is 5.69 Å². The average molecular weight is 384 g/mol. The summed E-state index contributed by atoms with van der Waals surface area (Å²) in [6, 6.07) is 16.7. The van der Waals surface area contributed by atoms with Crippen molar-refractivity contribution in [3.8, 4) is 0 Å². The summed E-state index contributed by atoms with van der Waals surface area (Å²) in [5, 5.41) is 7.77. The lowest BCUT2D eigenvalue weighted by Crippen LogP contribution is -2.49. The van der Waals surface area contributed by atoms with E-state index in [2.05, 4.69) is 10.6 Å². The van der Waals surface area contributed by atoms with Crippen LogP contribution in [0.5, 0.6) is 0 Å². The number of carbonyl (C=O) groups excluding carboxylic acids is 1. The van der Waals surface area contributed by atoms with Gasteiger partial charge in [0.25, 0.3) is 5.91 Å². The van der Waals surface area contributed by atoms with Gasteiger partial charge < -0.3 is 15.1 Å². The molecule has 0 spiro atoms. The van der Waals surface area contributed by atoms with Crippen molar-refractivity contribution in [1.29, 1.82) is 0 Å². The molecule has 0 aliphatic heterocycles. The van der Waals surface area contributed by atoms with Crippen LogP contribution in [0.2, 0.25) is 0 Å². The molecule has 3 rings (SSSR count). The van der Waals surface area contributed by atoms with E-state index in [1.54, 1.807) is 6.07 Å². The maximum Gasteiger partial charge on any atom is 0.288 e. The third kappa shape index (κ3) is 3.96. The second-order valence-electron chi connectivity index (χ2n) is 5.13. The highest BCUT2D eigenvalue weighted by Gasteiger charge is 2.34. The lowest BCUT2D eigenvalue weighted by molar-refractivity contribution is 0.0914. The monoisotopic (exact) mass is 382 g/mol. The number of benzene rings is 2. The number of fused-ring (bicyclic) bond motifs is 1. The fourth-order valence-electron chi connectivity index (χ4n) is 2.26. The minimum atomic E-state index is -1.76. The number of amides is 1. The fourth-order valence-corrected chi connectivity index (χ4v) is 2.58. The van der Waals surface area contributed by atoms with Crippen LogP contribution in [0.3, 0.4) is 0 Å². The molecule has 0 fully saturated rings. The molecule has 0 aliphatic carbocycles. The normalized spacial score (nSPS) is 12.8. The number of carbonyl (C=O) groups is 1. The first kappa shape index (κ1) is 17.0. The van der Waals surface area contributed by atoms with Crippen molar-refractivity contribution in [2.45, 2.75) is 9.96 Å². The molecule has 2 aromatic carbocycles. The van der Waals surface area contributed by atoms with E-state index in [-0.39, 0.29) is 5.76 Å². The summed E-state index contributed by atoms with van der Waals surface area (Å²) in [6.45, 7) is 0. The Labute approximate surface area is 153 Å². The predicted molar refractivity (Wildman–Crippen MR) is 97.8 cm³/mol. The number of nitrogens with one attached hydrogen (secondary N) is 2. The van der Waals surface area contributed by atoms with Crippen molar-refractivity contribution in [1.82, 2.24) is 5.32 Å². The van der Waals surface area contributed by atoms with Crippen molar-refractivity contribution in [2.75, 3.05) is 5.32 Å². The van der Waals surface area contributed by atoms with Crippen LogP contribution in [0, 0.1) is 0 Å². The first-order chi connectivity index (χ1) is 11.4. The molecule has 1 aromatic heterocycles. The van der Waals surface area contributed by atoms with Crippen LogP contribution < -0.4 is 10.6 Å². The fraction of sp³-hybridized carbons (Fsp3) is 0.118. The maximum atomic E-state index is 12.1. The Bertz CT molecular complexity index is 844. The standard InChI is InChI=1S/C17H13Cl3N2O2/c18-17(19,20)16(22-15(23)14-6-3-9-24-14)21-13-8-7-11-4-1-2-5-12(11)10-13/h1-10,16,21H,(H,22,23)/t16-/m1/s1. The summed E-state index contributed by atoms with van der Waals surface area (Å²) in [7, 11) is 0. The highest BCUT2D eigenvalue weighted by molar-refractivity contribution is 6.68. The van der Waals surface area contributed by atoms with Gasteiger partial charge in [0.2, 0.25) is 3.79 Å². The predicted octanol–water partition coefficient (Wildman–Crippen LogP) is 4.97. The minimum absolute atomic E-state index is 0.134. The van der Waals surface area contributed by atoms with Gasteiger partial charge in [-0.15, -0.1) is 0 Å². The molecular formula is C17H13Cl3N2O2.